The van der Waals surface area contributed by atoms with E-state index >= 15 is 0 Å². The van der Waals surface area contributed by atoms with Gasteiger partial charge in [-0.1, -0.05) is 18.2 Å². The monoisotopic (exact) mass is 295 g/mol. The van der Waals surface area contributed by atoms with Crippen molar-refractivity contribution in [2.24, 2.45) is 0 Å². The van der Waals surface area contributed by atoms with Gasteiger partial charge < -0.3 is 5.73 Å². The van der Waals surface area contributed by atoms with Crippen LogP contribution in [0.3, 0.4) is 0 Å². The fourth-order valence-electron chi connectivity index (χ4n) is 2.59. The molecule has 0 saturated carbocycles. The van der Waals surface area contributed by atoms with Crippen molar-refractivity contribution in [3.63, 3.8) is 0 Å². The highest BCUT2D eigenvalue weighted by Gasteiger charge is 2.18. The van der Waals surface area contributed by atoms with Crippen LogP contribution in [0.25, 0.3) is 12.2 Å². The molecule has 0 fully saturated rings. The maximum atomic E-state index is 12.3. The van der Waals surface area contributed by atoms with E-state index in [-0.39, 0.29) is 11.1 Å². The molecule has 0 bridgehead atoms. The number of aryl methyl sites for hydroxylation is 1. The molecule has 1 aromatic carbocycles. The fourth-order valence-corrected chi connectivity index (χ4v) is 2.59. The van der Waals surface area contributed by atoms with Crippen LogP contribution in [-0.4, -0.2) is 9.03 Å². The molecule has 0 amide bonds. The van der Waals surface area contributed by atoms with Crippen LogP contribution in [0.15, 0.2) is 33.9 Å². The summed E-state index contributed by atoms with van der Waals surface area (Å²) in [5.41, 5.74) is 9.50. The van der Waals surface area contributed by atoms with E-state index < -0.39 is 0 Å². The van der Waals surface area contributed by atoms with E-state index in [0.717, 1.165) is 17.0 Å². The SMILES string of the molecule is Cc1c(C)n2c(/C=C/c3ccc(N)cc3)c(C)c(=O)n2c1=O. The quantitative estimate of drug-likeness (QED) is 0.734. The van der Waals surface area contributed by atoms with Gasteiger partial charge in [-0.3, -0.25) is 9.59 Å². The molecule has 0 aliphatic rings. The predicted octanol–water partition coefficient (Wildman–Crippen LogP) is 1.87. The second-order valence-electron chi connectivity index (χ2n) is 5.45. The molecule has 0 saturated heterocycles. The summed E-state index contributed by atoms with van der Waals surface area (Å²) in [4.78, 5) is 24.4. The average Bonchev–Trinajstić information content (AvgIpc) is 2.88. The number of nitrogen functional groups attached to an aromatic ring is 1. The molecule has 0 radical (unpaired) electrons. The second kappa shape index (κ2) is 4.87. The van der Waals surface area contributed by atoms with Gasteiger partial charge in [0, 0.05) is 22.5 Å². The summed E-state index contributed by atoms with van der Waals surface area (Å²) in [6, 6.07) is 7.45. The molecule has 2 heterocycles. The molecule has 0 aliphatic carbocycles. The maximum absolute atomic E-state index is 12.3. The van der Waals surface area contributed by atoms with Crippen molar-refractivity contribution in [3.8, 4) is 0 Å². The number of benzene rings is 1. The molecule has 2 N–H and O–H groups in total. The standard InChI is InChI=1S/C17H17N3O2/c1-10-12(3)19-15(11(2)17(22)20(19)16(10)21)9-6-13-4-7-14(18)8-5-13/h4-9H,18H2,1-3H3/b9-6+. The molecule has 0 aliphatic heterocycles. The Morgan fingerprint density at radius 2 is 1.45 bits per heavy atom. The molecule has 5 nitrogen and oxygen atoms in total. The number of nitrogens with zero attached hydrogens (tertiary/aromatic N) is 2. The Labute approximate surface area is 127 Å². The zero-order chi connectivity index (χ0) is 16.0. The third-order valence-corrected chi connectivity index (χ3v) is 4.07. The third-order valence-electron chi connectivity index (χ3n) is 4.07. The first-order valence-electron chi connectivity index (χ1n) is 7.02. The number of nitrogens with two attached hydrogens (primary N) is 1. The number of hydrogen-bond donors (Lipinski definition) is 1. The third kappa shape index (κ3) is 1.94. The number of hydrogen-bond acceptors (Lipinski definition) is 3. The van der Waals surface area contributed by atoms with Crippen LogP contribution in [-0.2, 0) is 0 Å². The second-order valence-corrected chi connectivity index (χ2v) is 5.45. The Morgan fingerprint density at radius 1 is 0.864 bits per heavy atom. The lowest BCUT2D eigenvalue weighted by Crippen LogP contribution is -2.23. The highest BCUT2D eigenvalue weighted by atomic mass is 16.2. The van der Waals surface area contributed by atoms with Crippen molar-refractivity contribution in [3.05, 3.63) is 73.1 Å². The lowest BCUT2D eigenvalue weighted by molar-refractivity contribution is 0.781. The molecule has 112 valence electrons. The molecule has 3 aromatic rings. The smallest absolute Gasteiger partial charge is 0.278 e. The Bertz CT molecular complexity index is 992. The van der Waals surface area contributed by atoms with Crippen molar-refractivity contribution in [2.45, 2.75) is 20.8 Å². The Balaban J connectivity index is 2.21. The molecule has 5 heteroatoms. The summed E-state index contributed by atoms with van der Waals surface area (Å²) in [6.07, 6.45) is 3.76. The Hall–Kier alpha value is -2.82. The van der Waals surface area contributed by atoms with E-state index in [9.17, 15) is 9.59 Å². The average molecular weight is 295 g/mol. The summed E-state index contributed by atoms with van der Waals surface area (Å²) >= 11 is 0. The molecular weight excluding hydrogens is 278 g/mol. The van der Waals surface area contributed by atoms with Gasteiger partial charge in [0.15, 0.2) is 0 Å². The predicted molar refractivity (Wildman–Crippen MR) is 88.6 cm³/mol. The van der Waals surface area contributed by atoms with Crippen LogP contribution >= 0.6 is 0 Å². The molecule has 3 rings (SSSR count). The molecule has 2 aromatic heterocycles. The first-order chi connectivity index (χ1) is 10.4. The van der Waals surface area contributed by atoms with E-state index in [4.69, 9.17) is 5.73 Å². The van der Waals surface area contributed by atoms with Crippen LogP contribution in [0, 0.1) is 20.8 Å². The molecule has 0 unspecified atom stereocenters. The summed E-state index contributed by atoms with van der Waals surface area (Å²) in [6.45, 7) is 5.31. The normalized spacial score (nSPS) is 11.8. The largest absolute Gasteiger partial charge is 0.399 e. The van der Waals surface area contributed by atoms with Crippen LogP contribution in [0.1, 0.15) is 28.1 Å². The zero-order valence-electron chi connectivity index (χ0n) is 12.8. The van der Waals surface area contributed by atoms with Gasteiger partial charge in [0.2, 0.25) is 0 Å². The minimum atomic E-state index is -0.266. The zero-order valence-corrected chi connectivity index (χ0v) is 12.8. The Morgan fingerprint density at radius 3 is 2.09 bits per heavy atom. The van der Waals surface area contributed by atoms with Crippen molar-refractivity contribution < 1.29 is 0 Å². The van der Waals surface area contributed by atoms with Gasteiger partial charge in [-0.15, -0.1) is 0 Å². The van der Waals surface area contributed by atoms with Crippen molar-refractivity contribution in [1.29, 1.82) is 0 Å². The lowest BCUT2D eigenvalue weighted by atomic mass is 10.1. The van der Waals surface area contributed by atoms with Gasteiger partial charge in [0.05, 0.1) is 5.69 Å². The van der Waals surface area contributed by atoms with E-state index in [1.807, 2.05) is 43.3 Å². The number of aromatic nitrogens is 2. The van der Waals surface area contributed by atoms with Gasteiger partial charge in [-0.05, 0) is 44.5 Å². The van der Waals surface area contributed by atoms with E-state index in [1.54, 1.807) is 18.4 Å². The van der Waals surface area contributed by atoms with E-state index in [1.165, 1.54) is 4.52 Å². The van der Waals surface area contributed by atoms with E-state index in [2.05, 4.69) is 0 Å². The van der Waals surface area contributed by atoms with Crippen LogP contribution in [0.2, 0.25) is 0 Å². The summed E-state index contributed by atoms with van der Waals surface area (Å²) < 4.78 is 2.88. The minimum Gasteiger partial charge on any atom is -0.399 e. The van der Waals surface area contributed by atoms with Crippen LogP contribution in [0.4, 0.5) is 5.69 Å². The molecule has 0 atom stereocenters. The summed E-state index contributed by atoms with van der Waals surface area (Å²) in [7, 11) is 0. The van der Waals surface area contributed by atoms with Crippen LogP contribution in [0.5, 0.6) is 0 Å². The van der Waals surface area contributed by atoms with E-state index in [0.29, 0.717) is 16.8 Å². The number of fused-ring (bicyclic) bond motifs is 1. The van der Waals surface area contributed by atoms with Gasteiger partial charge in [-0.25, -0.2) is 4.52 Å². The topological polar surface area (TPSA) is 69.0 Å². The van der Waals surface area contributed by atoms with Gasteiger partial charge in [0.1, 0.15) is 0 Å². The van der Waals surface area contributed by atoms with Crippen LogP contribution < -0.4 is 16.9 Å². The maximum Gasteiger partial charge on any atom is 0.278 e. The first-order valence-corrected chi connectivity index (χ1v) is 7.02. The highest BCUT2D eigenvalue weighted by molar-refractivity contribution is 5.70. The summed E-state index contributed by atoms with van der Waals surface area (Å²) in [5.74, 6) is 0. The molecule has 0 spiro atoms. The van der Waals surface area contributed by atoms with Crippen molar-refractivity contribution in [2.75, 3.05) is 5.73 Å². The first kappa shape index (κ1) is 14.1. The number of rotatable bonds is 2. The lowest BCUT2D eigenvalue weighted by Gasteiger charge is -1.99. The fraction of sp³-hybridized carbons (Fsp3) is 0.176. The van der Waals surface area contributed by atoms with Gasteiger partial charge >= 0.3 is 0 Å². The van der Waals surface area contributed by atoms with Crippen molar-refractivity contribution >= 4 is 17.8 Å². The molecular formula is C17H17N3O2. The van der Waals surface area contributed by atoms with Gasteiger partial charge in [-0.2, -0.15) is 4.52 Å². The highest BCUT2D eigenvalue weighted by Crippen LogP contribution is 2.14. The molecule has 22 heavy (non-hydrogen) atoms. The van der Waals surface area contributed by atoms with Gasteiger partial charge in [0.25, 0.3) is 11.1 Å². The minimum absolute atomic E-state index is 0.252. The number of anilines is 1. The summed E-state index contributed by atoms with van der Waals surface area (Å²) in [5, 5.41) is 0. The van der Waals surface area contributed by atoms with Crippen molar-refractivity contribution in [1.82, 2.24) is 9.03 Å². The Kier molecular flexibility index (Phi) is 3.13.